The van der Waals surface area contributed by atoms with Crippen molar-refractivity contribution in [2.75, 3.05) is 0 Å². The highest BCUT2D eigenvalue weighted by Gasteiger charge is 2.35. The third kappa shape index (κ3) is 2.47. The zero-order valence-electron chi connectivity index (χ0n) is 8.03. The quantitative estimate of drug-likeness (QED) is 0.684. The minimum atomic E-state index is -0.897. The Morgan fingerprint density at radius 1 is 1.29 bits per heavy atom. The summed E-state index contributed by atoms with van der Waals surface area (Å²) in [4.78, 5) is 22.2. The lowest BCUT2D eigenvalue weighted by Gasteiger charge is -2.13. The van der Waals surface area contributed by atoms with Crippen molar-refractivity contribution < 1.29 is 14.7 Å². The highest BCUT2D eigenvalue weighted by molar-refractivity contribution is 5.86. The number of carboxylic acids is 1. The van der Waals surface area contributed by atoms with Crippen LogP contribution >= 0.6 is 0 Å². The van der Waals surface area contributed by atoms with Crippen LogP contribution < -0.4 is 5.32 Å². The van der Waals surface area contributed by atoms with Crippen molar-refractivity contribution in [3.8, 4) is 0 Å². The van der Waals surface area contributed by atoms with Gasteiger partial charge in [-0.05, 0) is 25.2 Å². The van der Waals surface area contributed by atoms with Gasteiger partial charge in [0.25, 0.3) is 0 Å². The van der Waals surface area contributed by atoms with Gasteiger partial charge in [-0.1, -0.05) is 12.8 Å². The Kier molecular flexibility index (Phi) is 2.44. The molecule has 4 heteroatoms. The molecular formula is C10H15NO3. The molecule has 4 nitrogen and oxygen atoms in total. The molecule has 78 valence electrons. The molecule has 2 aliphatic carbocycles. The molecule has 1 amide bonds. The fraction of sp³-hybridized carbons (Fsp3) is 0.800. The van der Waals surface area contributed by atoms with Gasteiger partial charge < -0.3 is 10.4 Å². The summed E-state index contributed by atoms with van der Waals surface area (Å²) in [5.41, 5.74) is 0. The zero-order valence-corrected chi connectivity index (χ0v) is 8.03. The normalized spacial score (nSPS) is 22.9. The topological polar surface area (TPSA) is 66.4 Å². The Hall–Kier alpha value is -1.06. The standard InChI is InChI=1S/C10H15NO3/c12-9(7-3-4-7)11-8(10(13)14)5-6-1-2-6/h6-8H,1-5H2,(H,11,12)(H,13,14)/t8-/m1/s1. The van der Waals surface area contributed by atoms with E-state index >= 15 is 0 Å². The van der Waals surface area contributed by atoms with Crippen LogP contribution in [0.4, 0.5) is 0 Å². The van der Waals surface area contributed by atoms with Crippen LogP contribution in [0.15, 0.2) is 0 Å². The van der Waals surface area contributed by atoms with Crippen LogP contribution in [-0.2, 0) is 9.59 Å². The Morgan fingerprint density at radius 3 is 2.36 bits per heavy atom. The predicted octanol–water partition coefficient (Wildman–Crippen LogP) is 0.766. The molecule has 0 radical (unpaired) electrons. The zero-order chi connectivity index (χ0) is 10.1. The number of nitrogens with one attached hydrogen (secondary N) is 1. The Labute approximate surface area is 82.7 Å². The summed E-state index contributed by atoms with van der Waals surface area (Å²) in [7, 11) is 0. The fourth-order valence-electron chi connectivity index (χ4n) is 1.54. The number of carboxylic acid groups (broad SMARTS) is 1. The second kappa shape index (κ2) is 3.59. The SMILES string of the molecule is O=C(N[C@H](CC1CC1)C(=O)O)C1CC1. The average molecular weight is 197 g/mol. The number of hydrogen-bond donors (Lipinski definition) is 2. The molecular weight excluding hydrogens is 182 g/mol. The maximum Gasteiger partial charge on any atom is 0.326 e. The van der Waals surface area contributed by atoms with Crippen LogP contribution in [0.3, 0.4) is 0 Å². The van der Waals surface area contributed by atoms with E-state index in [0.717, 1.165) is 25.7 Å². The van der Waals surface area contributed by atoms with Crippen molar-refractivity contribution in [1.82, 2.24) is 5.32 Å². The molecule has 0 heterocycles. The van der Waals surface area contributed by atoms with Gasteiger partial charge >= 0.3 is 5.97 Å². The predicted molar refractivity (Wildman–Crippen MR) is 49.6 cm³/mol. The lowest BCUT2D eigenvalue weighted by Crippen LogP contribution is -2.41. The minimum Gasteiger partial charge on any atom is -0.480 e. The monoisotopic (exact) mass is 197 g/mol. The van der Waals surface area contributed by atoms with E-state index in [0.29, 0.717) is 12.3 Å². The summed E-state index contributed by atoms with van der Waals surface area (Å²) in [6.07, 6.45) is 4.67. The van der Waals surface area contributed by atoms with Gasteiger partial charge in [0.15, 0.2) is 0 Å². The van der Waals surface area contributed by atoms with E-state index < -0.39 is 12.0 Å². The molecule has 0 aliphatic heterocycles. The first-order valence-electron chi connectivity index (χ1n) is 5.20. The van der Waals surface area contributed by atoms with Crippen LogP contribution in [0.25, 0.3) is 0 Å². The molecule has 2 saturated carbocycles. The van der Waals surface area contributed by atoms with Gasteiger partial charge in [0, 0.05) is 5.92 Å². The summed E-state index contributed by atoms with van der Waals surface area (Å²) in [6, 6.07) is -0.657. The maximum atomic E-state index is 11.3. The number of aliphatic carboxylic acids is 1. The molecule has 2 N–H and O–H groups in total. The van der Waals surface area contributed by atoms with Gasteiger partial charge in [-0.3, -0.25) is 4.79 Å². The molecule has 1 atom stereocenters. The first kappa shape index (κ1) is 9.49. The van der Waals surface area contributed by atoms with Crippen molar-refractivity contribution in [3.63, 3.8) is 0 Å². The number of amides is 1. The summed E-state index contributed by atoms with van der Waals surface area (Å²) >= 11 is 0. The van der Waals surface area contributed by atoms with Gasteiger partial charge in [-0.25, -0.2) is 4.79 Å². The van der Waals surface area contributed by atoms with Crippen LogP contribution in [-0.4, -0.2) is 23.0 Å². The van der Waals surface area contributed by atoms with Gasteiger partial charge in [0.05, 0.1) is 0 Å². The van der Waals surface area contributed by atoms with Gasteiger partial charge in [-0.15, -0.1) is 0 Å². The van der Waals surface area contributed by atoms with Crippen LogP contribution in [0.1, 0.15) is 32.1 Å². The first-order chi connectivity index (χ1) is 6.66. The van der Waals surface area contributed by atoms with Crippen LogP contribution in [0.2, 0.25) is 0 Å². The van der Waals surface area contributed by atoms with Crippen molar-refractivity contribution in [2.24, 2.45) is 11.8 Å². The minimum absolute atomic E-state index is 0.0712. The number of carbonyl (C=O) groups is 2. The van der Waals surface area contributed by atoms with Gasteiger partial charge in [0.1, 0.15) is 6.04 Å². The van der Waals surface area contributed by atoms with Crippen LogP contribution in [0, 0.1) is 11.8 Å². The molecule has 0 spiro atoms. The van der Waals surface area contributed by atoms with E-state index in [9.17, 15) is 9.59 Å². The van der Waals surface area contributed by atoms with Crippen molar-refractivity contribution >= 4 is 11.9 Å². The van der Waals surface area contributed by atoms with E-state index in [1.807, 2.05) is 0 Å². The molecule has 2 fully saturated rings. The average Bonchev–Trinajstić information content (AvgIpc) is 2.98. The summed E-state index contributed by atoms with van der Waals surface area (Å²) in [6.45, 7) is 0. The summed E-state index contributed by atoms with van der Waals surface area (Å²) in [5, 5.41) is 11.5. The smallest absolute Gasteiger partial charge is 0.326 e. The molecule has 0 aromatic carbocycles. The molecule has 0 unspecified atom stereocenters. The number of hydrogen-bond acceptors (Lipinski definition) is 2. The van der Waals surface area contributed by atoms with Gasteiger partial charge in [0.2, 0.25) is 5.91 Å². The molecule has 0 saturated heterocycles. The second-order valence-electron chi connectivity index (χ2n) is 4.35. The molecule has 0 aromatic rings. The first-order valence-corrected chi connectivity index (χ1v) is 5.20. The fourth-order valence-corrected chi connectivity index (χ4v) is 1.54. The van der Waals surface area contributed by atoms with E-state index in [1.54, 1.807) is 0 Å². The van der Waals surface area contributed by atoms with E-state index in [-0.39, 0.29) is 11.8 Å². The van der Waals surface area contributed by atoms with Crippen molar-refractivity contribution in [1.29, 1.82) is 0 Å². The summed E-state index contributed by atoms with van der Waals surface area (Å²) in [5.74, 6) is -0.351. The Balaban J connectivity index is 1.81. The Bertz CT molecular complexity index is 256. The number of carbonyl (C=O) groups excluding carboxylic acids is 1. The third-order valence-corrected chi connectivity index (χ3v) is 2.83. The van der Waals surface area contributed by atoms with Crippen molar-refractivity contribution in [3.05, 3.63) is 0 Å². The van der Waals surface area contributed by atoms with Crippen molar-refractivity contribution in [2.45, 2.75) is 38.1 Å². The highest BCUT2D eigenvalue weighted by atomic mass is 16.4. The van der Waals surface area contributed by atoms with E-state index in [1.165, 1.54) is 0 Å². The van der Waals surface area contributed by atoms with Crippen LogP contribution in [0.5, 0.6) is 0 Å². The maximum absolute atomic E-state index is 11.3. The molecule has 0 aromatic heterocycles. The number of rotatable bonds is 5. The lowest BCUT2D eigenvalue weighted by atomic mass is 10.1. The highest BCUT2D eigenvalue weighted by Crippen LogP contribution is 2.34. The Morgan fingerprint density at radius 2 is 1.93 bits per heavy atom. The molecule has 2 rings (SSSR count). The third-order valence-electron chi connectivity index (χ3n) is 2.83. The van der Waals surface area contributed by atoms with Gasteiger partial charge in [-0.2, -0.15) is 0 Å². The largest absolute Gasteiger partial charge is 0.480 e. The molecule has 14 heavy (non-hydrogen) atoms. The van der Waals surface area contributed by atoms with E-state index in [4.69, 9.17) is 5.11 Å². The second-order valence-corrected chi connectivity index (χ2v) is 4.35. The molecule has 0 bridgehead atoms. The molecule has 2 aliphatic rings. The lowest BCUT2D eigenvalue weighted by molar-refractivity contribution is -0.142. The summed E-state index contributed by atoms with van der Waals surface area (Å²) < 4.78 is 0. The van der Waals surface area contributed by atoms with E-state index in [2.05, 4.69) is 5.32 Å².